The summed E-state index contributed by atoms with van der Waals surface area (Å²) in [7, 11) is 1.78. The fourth-order valence-corrected chi connectivity index (χ4v) is 1.49. The van der Waals surface area contributed by atoms with Gasteiger partial charge in [-0.1, -0.05) is 0 Å². The number of thioether (sulfide) groups is 1. The average molecular weight is 231 g/mol. The summed E-state index contributed by atoms with van der Waals surface area (Å²) in [6, 6.07) is 0. The molecule has 1 rings (SSSR count). The zero-order chi connectivity index (χ0) is 11.3. The van der Waals surface area contributed by atoms with Crippen LogP contribution in [-0.4, -0.2) is 35.6 Å². The van der Waals surface area contributed by atoms with Crippen molar-refractivity contribution in [3.63, 3.8) is 0 Å². The molecule has 0 aliphatic rings. The van der Waals surface area contributed by atoms with Crippen molar-refractivity contribution in [2.75, 3.05) is 35.9 Å². The molecule has 3 N–H and O–H groups in total. The van der Waals surface area contributed by atoms with Crippen LogP contribution in [0.4, 0.5) is 16.2 Å². The first-order valence-corrected chi connectivity index (χ1v) is 5.77. The summed E-state index contributed by atoms with van der Waals surface area (Å²) >= 11 is 1.69. The molecule has 0 amide bonds. The second-order valence-corrected chi connectivity index (χ2v) is 3.91. The normalized spacial score (nSPS) is 10.1. The number of nitrogens with two attached hydrogens (primary N) is 1. The Morgan fingerprint density at radius 2 is 2.40 bits per heavy atom. The lowest BCUT2D eigenvalue weighted by atomic mass is 10.5. The number of nitrogens with one attached hydrogen (secondary N) is 1. The number of hydrogen-bond acceptors (Lipinski definition) is 6. The summed E-state index contributed by atoms with van der Waals surface area (Å²) in [6.07, 6.45) is 3.10. The van der Waals surface area contributed by atoms with E-state index in [0.29, 0.717) is 0 Å². The van der Waals surface area contributed by atoms with Crippen molar-refractivity contribution < 1.29 is 4.39 Å². The molecule has 0 bridgehead atoms. The van der Waals surface area contributed by atoms with E-state index in [0.717, 1.165) is 18.5 Å². The number of hydrazine groups is 1. The van der Waals surface area contributed by atoms with Gasteiger partial charge < -0.3 is 4.90 Å². The third kappa shape index (κ3) is 3.21. The molecule has 0 radical (unpaired) electrons. The van der Waals surface area contributed by atoms with Crippen LogP contribution in [0.1, 0.15) is 0 Å². The molecule has 0 spiro atoms. The molecule has 7 heteroatoms. The lowest BCUT2D eigenvalue weighted by Crippen LogP contribution is -2.23. The van der Waals surface area contributed by atoms with E-state index >= 15 is 0 Å². The minimum absolute atomic E-state index is 0.211. The third-order valence-corrected chi connectivity index (χ3v) is 2.44. The fraction of sp³-hybridized carbons (Fsp3) is 0.500. The number of aromatic nitrogens is 2. The van der Waals surface area contributed by atoms with Crippen molar-refractivity contribution in [1.29, 1.82) is 0 Å². The molecule has 15 heavy (non-hydrogen) atoms. The van der Waals surface area contributed by atoms with Crippen LogP contribution in [0.2, 0.25) is 0 Å². The molecule has 1 aromatic heterocycles. The Morgan fingerprint density at radius 3 is 3.00 bits per heavy atom. The zero-order valence-corrected chi connectivity index (χ0v) is 9.51. The molecule has 1 aromatic rings. The van der Waals surface area contributed by atoms with E-state index in [1.165, 1.54) is 0 Å². The van der Waals surface area contributed by atoms with Crippen molar-refractivity contribution in [2.24, 2.45) is 5.84 Å². The summed E-state index contributed by atoms with van der Waals surface area (Å²) in [5, 5.41) is 0. The summed E-state index contributed by atoms with van der Waals surface area (Å²) in [6.45, 7) is 0.721. The van der Waals surface area contributed by atoms with E-state index in [2.05, 4.69) is 15.4 Å². The lowest BCUT2D eigenvalue weighted by molar-refractivity contribution is 0.609. The molecular weight excluding hydrogens is 217 g/mol. The smallest absolute Gasteiger partial charge is 0.239 e. The highest BCUT2D eigenvalue weighted by atomic mass is 32.2. The average Bonchev–Trinajstić information content (AvgIpc) is 2.26. The Hall–Kier alpha value is -1.08. The van der Waals surface area contributed by atoms with Crippen LogP contribution < -0.4 is 16.2 Å². The lowest BCUT2D eigenvalue weighted by Gasteiger charge is -2.18. The van der Waals surface area contributed by atoms with Crippen molar-refractivity contribution in [2.45, 2.75) is 0 Å². The highest BCUT2D eigenvalue weighted by Crippen LogP contribution is 2.15. The molecule has 0 aromatic carbocycles. The van der Waals surface area contributed by atoms with Gasteiger partial charge in [0.1, 0.15) is 0 Å². The molecule has 5 nitrogen and oxygen atoms in total. The maximum atomic E-state index is 13.3. The standard InChI is InChI=1S/C8H14FN5S/c1-14(3-4-15-2)7-6(9)5-11-8(12-7)13-10/h5H,3-4,10H2,1-2H3,(H,11,12,13). The number of halogens is 1. The van der Waals surface area contributed by atoms with E-state index in [4.69, 9.17) is 5.84 Å². The third-order valence-electron chi connectivity index (χ3n) is 1.85. The molecule has 84 valence electrons. The van der Waals surface area contributed by atoms with Crippen molar-refractivity contribution in [3.05, 3.63) is 12.0 Å². The molecule has 1 heterocycles. The Labute approximate surface area is 92.2 Å². The minimum Gasteiger partial charge on any atom is -0.356 e. The van der Waals surface area contributed by atoms with Crippen molar-refractivity contribution >= 4 is 23.5 Å². The van der Waals surface area contributed by atoms with Crippen LogP contribution in [0.25, 0.3) is 0 Å². The van der Waals surface area contributed by atoms with Crippen LogP contribution in [-0.2, 0) is 0 Å². The molecule has 0 aliphatic carbocycles. The summed E-state index contributed by atoms with van der Waals surface area (Å²) in [5.74, 6) is 6.08. The Morgan fingerprint density at radius 1 is 1.67 bits per heavy atom. The largest absolute Gasteiger partial charge is 0.356 e. The van der Waals surface area contributed by atoms with Crippen LogP contribution in [0.15, 0.2) is 6.20 Å². The quantitative estimate of drug-likeness (QED) is 0.574. The van der Waals surface area contributed by atoms with Crippen molar-refractivity contribution in [3.8, 4) is 0 Å². The molecule has 0 saturated heterocycles. The van der Waals surface area contributed by atoms with Gasteiger partial charge in [-0.25, -0.2) is 15.2 Å². The Bertz CT molecular complexity index is 322. The first kappa shape index (κ1) is 12.0. The summed E-state index contributed by atoms with van der Waals surface area (Å²) in [5.41, 5.74) is 2.28. The van der Waals surface area contributed by atoms with Gasteiger partial charge in [0.25, 0.3) is 0 Å². The predicted molar refractivity (Wildman–Crippen MR) is 61.5 cm³/mol. The van der Waals surface area contributed by atoms with E-state index in [1.54, 1.807) is 23.7 Å². The van der Waals surface area contributed by atoms with E-state index in [-0.39, 0.29) is 11.8 Å². The number of hydrogen-bond donors (Lipinski definition) is 2. The van der Waals surface area contributed by atoms with E-state index in [9.17, 15) is 4.39 Å². The number of anilines is 2. The number of rotatable bonds is 5. The van der Waals surface area contributed by atoms with Gasteiger partial charge in [0.15, 0.2) is 11.6 Å². The van der Waals surface area contributed by atoms with Gasteiger partial charge in [-0.05, 0) is 6.26 Å². The first-order chi connectivity index (χ1) is 7.19. The maximum absolute atomic E-state index is 13.3. The highest BCUT2D eigenvalue weighted by Gasteiger charge is 2.10. The second-order valence-electron chi connectivity index (χ2n) is 2.92. The van der Waals surface area contributed by atoms with Gasteiger partial charge >= 0.3 is 0 Å². The van der Waals surface area contributed by atoms with Crippen LogP contribution >= 0.6 is 11.8 Å². The Kier molecular flexibility index (Phi) is 4.57. The molecule has 0 aliphatic heterocycles. The topological polar surface area (TPSA) is 67.1 Å². The van der Waals surface area contributed by atoms with Crippen LogP contribution in [0.3, 0.4) is 0 Å². The molecule has 0 saturated carbocycles. The maximum Gasteiger partial charge on any atom is 0.239 e. The fourth-order valence-electron chi connectivity index (χ4n) is 1.03. The molecule has 0 atom stereocenters. The van der Waals surface area contributed by atoms with Gasteiger partial charge in [0.05, 0.1) is 6.20 Å². The summed E-state index contributed by atoms with van der Waals surface area (Å²) < 4.78 is 13.3. The SMILES string of the molecule is CSCCN(C)c1nc(NN)ncc1F. The van der Waals surface area contributed by atoms with Gasteiger partial charge in [-0.2, -0.15) is 16.7 Å². The van der Waals surface area contributed by atoms with Gasteiger partial charge in [-0.3, -0.25) is 5.43 Å². The summed E-state index contributed by atoms with van der Waals surface area (Å²) in [4.78, 5) is 9.33. The number of nitrogen functional groups attached to an aromatic ring is 1. The van der Waals surface area contributed by atoms with Gasteiger partial charge in [0, 0.05) is 19.3 Å². The van der Waals surface area contributed by atoms with Gasteiger partial charge in [0.2, 0.25) is 5.95 Å². The van der Waals surface area contributed by atoms with Gasteiger partial charge in [-0.15, -0.1) is 0 Å². The van der Waals surface area contributed by atoms with E-state index < -0.39 is 5.82 Å². The second kappa shape index (κ2) is 5.72. The first-order valence-electron chi connectivity index (χ1n) is 4.38. The molecule has 0 unspecified atom stereocenters. The monoisotopic (exact) mass is 231 g/mol. The molecular formula is C8H14FN5S. The number of nitrogens with zero attached hydrogens (tertiary/aromatic N) is 3. The Balaban J connectivity index is 2.81. The van der Waals surface area contributed by atoms with Crippen LogP contribution in [0, 0.1) is 5.82 Å². The molecule has 0 fully saturated rings. The zero-order valence-electron chi connectivity index (χ0n) is 8.70. The van der Waals surface area contributed by atoms with Crippen LogP contribution in [0.5, 0.6) is 0 Å². The predicted octanol–water partition coefficient (Wildman–Crippen LogP) is 0.700. The van der Waals surface area contributed by atoms with Crippen molar-refractivity contribution in [1.82, 2.24) is 9.97 Å². The highest BCUT2D eigenvalue weighted by molar-refractivity contribution is 7.98. The minimum atomic E-state index is -0.447. The van der Waals surface area contributed by atoms with E-state index in [1.807, 2.05) is 6.26 Å².